The van der Waals surface area contributed by atoms with E-state index < -0.39 is 0 Å². The van der Waals surface area contributed by atoms with Crippen LogP contribution >= 0.6 is 0 Å². The van der Waals surface area contributed by atoms with Gasteiger partial charge in [-0.25, -0.2) is 0 Å². The van der Waals surface area contributed by atoms with Gasteiger partial charge in [-0.15, -0.1) is 0 Å². The maximum absolute atomic E-state index is 2.38. The van der Waals surface area contributed by atoms with Crippen LogP contribution in [-0.4, -0.2) is 0 Å². The van der Waals surface area contributed by atoms with Gasteiger partial charge in [0.2, 0.25) is 0 Å². The molecule has 0 spiro atoms. The molecule has 2 heteroatoms. The summed E-state index contributed by atoms with van der Waals surface area (Å²) in [6, 6.07) is 105. The third-order valence-corrected chi connectivity index (χ3v) is 13.5. The van der Waals surface area contributed by atoms with E-state index in [1.54, 1.807) is 0 Å². The summed E-state index contributed by atoms with van der Waals surface area (Å²) >= 11 is 0. The fraction of sp³-hybridized carbons (Fsp3) is 0. The predicted molar refractivity (Wildman–Crippen MR) is 298 cm³/mol. The molecule has 0 aliphatic carbocycles. The molecule has 0 bridgehead atoms. The van der Waals surface area contributed by atoms with Gasteiger partial charge in [0.15, 0.2) is 0 Å². The highest BCUT2D eigenvalue weighted by Gasteiger charge is 2.18. The van der Waals surface area contributed by atoms with Crippen LogP contribution in [0.2, 0.25) is 0 Å². The number of nitrogens with zero attached hydrogens (tertiary/aromatic N) is 2. The van der Waals surface area contributed by atoms with E-state index in [-0.39, 0.29) is 0 Å². The van der Waals surface area contributed by atoms with Crippen LogP contribution in [0.25, 0.3) is 77.2 Å². The fourth-order valence-electron chi connectivity index (χ4n) is 9.90. The van der Waals surface area contributed by atoms with Gasteiger partial charge in [0.1, 0.15) is 0 Å². The van der Waals surface area contributed by atoms with Gasteiger partial charge in [0, 0.05) is 33.8 Å². The number of benzene rings is 12. The molecule has 0 saturated carbocycles. The first-order chi connectivity index (χ1) is 34.7. The predicted octanol–water partition coefficient (Wildman–Crippen LogP) is 19.3. The van der Waals surface area contributed by atoms with E-state index in [0.717, 1.165) is 45.3 Å². The number of hydrogen-bond acceptors (Lipinski definition) is 2. The lowest BCUT2D eigenvalue weighted by Crippen LogP contribution is -2.10. The topological polar surface area (TPSA) is 6.48 Å². The Bertz CT molecular complexity index is 3700. The average Bonchev–Trinajstić information content (AvgIpc) is 3.44. The molecule has 0 aliphatic heterocycles. The molecule has 0 heterocycles. The summed E-state index contributed by atoms with van der Waals surface area (Å²) in [5, 5.41) is 4.91. The van der Waals surface area contributed by atoms with Crippen molar-refractivity contribution in [1.29, 1.82) is 0 Å². The summed E-state index contributed by atoms with van der Waals surface area (Å²) in [4.78, 5) is 4.73. The summed E-state index contributed by atoms with van der Waals surface area (Å²) in [5.41, 5.74) is 18.5. The molecule has 0 saturated heterocycles. The van der Waals surface area contributed by atoms with Crippen molar-refractivity contribution in [2.24, 2.45) is 0 Å². The van der Waals surface area contributed by atoms with Crippen molar-refractivity contribution in [2.45, 2.75) is 0 Å². The van der Waals surface area contributed by atoms with Crippen molar-refractivity contribution < 1.29 is 0 Å². The van der Waals surface area contributed by atoms with Gasteiger partial charge in [-0.1, -0.05) is 218 Å². The Hall–Kier alpha value is -9.24. The molecule has 70 heavy (non-hydrogen) atoms. The second-order valence-corrected chi connectivity index (χ2v) is 17.7. The molecule has 0 fully saturated rings. The summed E-state index contributed by atoms with van der Waals surface area (Å²) in [6.07, 6.45) is 0. The molecule has 2 nitrogen and oxygen atoms in total. The molecule has 0 aliphatic rings. The van der Waals surface area contributed by atoms with E-state index in [9.17, 15) is 0 Å². The lowest BCUT2D eigenvalue weighted by Gasteiger charge is -2.27. The Kier molecular flexibility index (Phi) is 11.3. The van der Waals surface area contributed by atoms with Crippen LogP contribution in [0.5, 0.6) is 0 Å². The van der Waals surface area contributed by atoms with E-state index in [4.69, 9.17) is 0 Å². The smallest absolute Gasteiger partial charge is 0.0540 e. The van der Waals surface area contributed by atoms with Crippen molar-refractivity contribution in [3.63, 3.8) is 0 Å². The molecule has 12 aromatic rings. The normalized spacial score (nSPS) is 11.1. The number of fused-ring (bicyclic) bond motifs is 2. The molecular weight excluding hydrogens is 845 g/mol. The summed E-state index contributed by atoms with van der Waals surface area (Å²) in [5.74, 6) is 0. The minimum atomic E-state index is 1.08. The highest BCUT2D eigenvalue weighted by Crippen LogP contribution is 2.42. The molecule has 330 valence electrons. The minimum Gasteiger partial charge on any atom is -0.311 e. The number of rotatable bonds is 11. The zero-order valence-corrected chi connectivity index (χ0v) is 38.6. The van der Waals surface area contributed by atoms with Gasteiger partial charge in [0.25, 0.3) is 0 Å². The van der Waals surface area contributed by atoms with Crippen molar-refractivity contribution in [2.75, 3.05) is 9.80 Å². The Morgan fingerprint density at radius 3 is 1.00 bits per heavy atom. The van der Waals surface area contributed by atoms with E-state index in [1.165, 1.54) is 66.1 Å². The second kappa shape index (κ2) is 18.8. The highest BCUT2D eigenvalue weighted by atomic mass is 15.1. The zero-order valence-electron chi connectivity index (χ0n) is 38.6. The molecule has 0 amide bonds. The monoisotopic (exact) mass is 892 g/mol. The van der Waals surface area contributed by atoms with Crippen LogP contribution in [0.1, 0.15) is 0 Å². The van der Waals surface area contributed by atoms with Gasteiger partial charge < -0.3 is 9.80 Å². The van der Waals surface area contributed by atoms with Crippen molar-refractivity contribution in [1.82, 2.24) is 0 Å². The fourth-order valence-corrected chi connectivity index (χ4v) is 9.90. The van der Waals surface area contributed by atoms with E-state index in [2.05, 4.69) is 301 Å². The van der Waals surface area contributed by atoms with E-state index >= 15 is 0 Å². The molecule has 0 unspecified atom stereocenters. The number of hydrogen-bond donors (Lipinski definition) is 0. The Morgan fingerprint density at radius 2 is 0.500 bits per heavy atom. The third kappa shape index (κ3) is 8.40. The van der Waals surface area contributed by atoms with Crippen molar-refractivity contribution in [3.8, 4) is 55.6 Å². The summed E-state index contributed by atoms with van der Waals surface area (Å²) < 4.78 is 0. The first kappa shape index (κ1) is 42.1. The SMILES string of the molecule is c1ccc(-c2ccc(N(c3ccc(-c4ccc(N(c5ccc(-c6cccc7ccccc67)cc5)c5cccc6ccccc56)cc4)cc3)c3ccc(-c4cccc(-c5ccccc5)c4)cc3)cc2)cc1. The van der Waals surface area contributed by atoms with E-state index in [0.29, 0.717) is 0 Å². The maximum atomic E-state index is 2.38. The van der Waals surface area contributed by atoms with Crippen LogP contribution in [0.15, 0.2) is 291 Å². The van der Waals surface area contributed by atoms with Crippen LogP contribution in [0.4, 0.5) is 34.1 Å². The zero-order chi connectivity index (χ0) is 46.6. The third-order valence-electron chi connectivity index (χ3n) is 13.5. The van der Waals surface area contributed by atoms with Gasteiger partial charge in [-0.05, 0) is 145 Å². The molecule has 0 N–H and O–H groups in total. The van der Waals surface area contributed by atoms with Crippen molar-refractivity contribution in [3.05, 3.63) is 291 Å². The Balaban J connectivity index is 0.869. The van der Waals surface area contributed by atoms with Crippen LogP contribution < -0.4 is 9.80 Å². The molecular formula is C68H48N2. The van der Waals surface area contributed by atoms with Gasteiger partial charge in [-0.2, -0.15) is 0 Å². The second-order valence-electron chi connectivity index (χ2n) is 17.7. The first-order valence-electron chi connectivity index (χ1n) is 24.0. The van der Waals surface area contributed by atoms with Gasteiger partial charge in [0.05, 0.1) is 5.69 Å². The van der Waals surface area contributed by atoms with Crippen LogP contribution in [-0.2, 0) is 0 Å². The molecule has 0 radical (unpaired) electrons. The standard InChI is InChI=1S/C68H48N2/c1-3-14-49(15-4-1)51-28-38-60(39-29-51)69(62-42-34-54(35-43-62)59-23-11-22-58(48-59)50-16-5-2-6-17-50)61-40-30-52(31-41-61)53-32-44-63(45-33-53)70(68-27-13-21-56-19-8-10-25-67(56)68)64-46-36-57(37-47-64)66-26-12-20-55-18-7-9-24-65(55)66/h1-48H. The minimum absolute atomic E-state index is 1.08. The van der Waals surface area contributed by atoms with Crippen LogP contribution in [0.3, 0.4) is 0 Å². The average molecular weight is 893 g/mol. The lowest BCUT2D eigenvalue weighted by atomic mass is 9.98. The molecule has 12 aromatic carbocycles. The lowest BCUT2D eigenvalue weighted by molar-refractivity contribution is 1.28. The van der Waals surface area contributed by atoms with Gasteiger partial charge in [-0.3, -0.25) is 0 Å². The molecule has 0 atom stereocenters. The Labute approximate surface area is 410 Å². The van der Waals surface area contributed by atoms with Crippen molar-refractivity contribution >= 4 is 55.7 Å². The summed E-state index contributed by atoms with van der Waals surface area (Å²) in [6.45, 7) is 0. The molecule has 0 aromatic heterocycles. The maximum Gasteiger partial charge on any atom is 0.0540 e. The highest BCUT2D eigenvalue weighted by molar-refractivity contribution is 6.00. The van der Waals surface area contributed by atoms with Gasteiger partial charge >= 0.3 is 0 Å². The number of anilines is 6. The quantitative estimate of drug-likeness (QED) is 0.128. The Morgan fingerprint density at radius 1 is 0.186 bits per heavy atom. The first-order valence-corrected chi connectivity index (χ1v) is 24.0. The summed E-state index contributed by atoms with van der Waals surface area (Å²) in [7, 11) is 0. The largest absolute Gasteiger partial charge is 0.311 e. The molecule has 12 rings (SSSR count). The van der Waals surface area contributed by atoms with Crippen LogP contribution in [0, 0.1) is 0 Å². The van der Waals surface area contributed by atoms with E-state index in [1.807, 2.05) is 0 Å².